The van der Waals surface area contributed by atoms with Gasteiger partial charge >= 0.3 is 0 Å². The van der Waals surface area contributed by atoms with Crippen molar-refractivity contribution < 1.29 is 0 Å². The van der Waals surface area contributed by atoms with Gasteiger partial charge in [-0.2, -0.15) is 5.26 Å². The molecular weight excluding hydrogens is 198 g/mol. The summed E-state index contributed by atoms with van der Waals surface area (Å²) in [7, 11) is 4.01. The minimum absolute atomic E-state index is 0.598. The van der Waals surface area contributed by atoms with E-state index in [0.29, 0.717) is 0 Å². The predicted molar refractivity (Wildman–Crippen MR) is 67.4 cm³/mol. The lowest BCUT2D eigenvalue weighted by atomic mass is 9.93. The van der Waals surface area contributed by atoms with Gasteiger partial charge in [0, 0.05) is 19.8 Å². The van der Waals surface area contributed by atoms with E-state index in [1.165, 1.54) is 0 Å². The van der Waals surface area contributed by atoms with Gasteiger partial charge in [-0.25, -0.2) is 0 Å². The molecular formula is C13H19N3. The zero-order chi connectivity index (χ0) is 12.2. The van der Waals surface area contributed by atoms with E-state index in [9.17, 15) is 5.26 Å². The van der Waals surface area contributed by atoms with E-state index in [0.717, 1.165) is 17.8 Å². The number of rotatable bonds is 4. The summed E-state index contributed by atoms with van der Waals surface area (Å²) >= 11 is 0. The summed E-state index contributed by atoms with van der Waals surface area (Å²) in [6.07, 6.45) is 0. The van der Waals surface area contributed by atoms with Gasteiger partial charge in [0.2, 0.25) is 0 Å². The first-order chi connectivity index (χ1) is 7.53. The zero-order valence-corrected chi connectivity index (χ0v) is 10.4. The van der Waals surface area contributed by atoms with Crippen molar-refractivity contribution in [3.8, 4) is 6.07 Å². The summed E-state index contributed by atoms with van der Waals surface area (Å²) in [6.45, 7) is 4.68. The highest BCUT2D eigenvalue weighted by Crippen LogP contribution is 2.22. The lowest BCUT2D eigenvalue weighted by molar-refractivity contribution is 0.482. The van der Waals surface area contributed by atoms with Crippen LogP contribution in [-0.2, 0) is 5.54 Å². The van der Waals surface area contributed by atoms with Crippen molar-refractivity contribution in [3.05, 3.63) is 29.8 Å². The molecule has 1 aromatic carbocycles. The number of benzene rings is 1. The SMILES string of the molecule is CCNC(C)(C#N)c1ccc(N(C)C)cc1. The Bertz CT molecular complexity index is 375. The first-order valence-electron chi connectivity index (χ1n) is 5.47. The minimum atomic E-state index is -0.598. The molecule has 0 amide bonds. The van der Waals surface area contributed by atoms with Crippen molar-refractivity contribution >= 4 is 5.69 Å². The molecule has 3 nitrogen and oxygen atoms in total. The second-order valence-electron chi connectivity index (χ2n) is 4.21. The zero-order valence-electron chi connectivity index (χ0n) is 10.4. The highest BCUT2D eigenvalue weighted by atomic mass is 15.1. The van der Waals surface area contributed by atoms with Crippen molar-refractivity contribution in [3.63, 3.8) is 0 Å². The van der Waals surface area contributed by atoms with Crippen LogP contribution in [0, 0.1) is 11.3 Å². The summed E-state index contributed by atoms with van der Waals surface area (Å²) in [4.78, 5) is 2.04. The molecule has 0 aliphatic rings. The van der Waals surface area contributed by atoms with Crippen LogP contribution in [0.25, 0.3) is 0 Å². The molecule has 0 aliphatic carbocycles. The highest BCUT2D eigenvalue weighted by molar-refractivity contribution is 5.48. The van der Waals surface area contributed by atoms with Crippen LogP contribution in [0.4, 0.5) is 5.69 Å². The van der Waals surface area contributed by atoms with E-state index < -0.39 is 5.54 Å². The first-order valence-corrected chi connectivity index (χ1v) is 5.47. The van der Waals surface area contributed by atoms with Crippen LogP contribution in [0.15, 0.2) is 24.3 Å². The van der Waals surface area contributed by atoms with E-state index in [4.69, 9.17) is 0 Å². The van der Waals surface area contributed by atoms with Crippen molar-refractivity contribution in [2.75, 3.05) is 25.5 Å². The number of nitriles is 1. The average Bonchev–Trinajstić information content (AvgIpc) is 2.29. The molecule has 1 atom stereocenters. The number of nitrogens with one attached hydrogen (secondary N) is 1. The molecule has 1 unspecified atom stereocenters. The van der Waals surface area contributed by atoms with E-state index >= 15 is 0 Å². The Morgan fingerprint density at radius 3 is 2.25 bits per heavy atom. The van der Waals surface area contributed by atoms with Crippen LogP contribution in [-0.4, -0.2) is 20.6 Å². The molecule has 0 heterocycles. The third-order valence-corrected chi connectivity index (χ3v) is 2.71. The summed E-state index contributed by atoms with van der Waals surface area (Å²) < 4.78 is 0. The second-order valence-corrected chi connectivity index (χ2v) is 4.21. The van der Waals surface area contributed by atoms with Crippen LogP contribution < -0.4 is 10.2 Å². The summed E-state index contributed by atoms with van der Waals surface area (Å²) in [6, 6.07) is 10.4. The molecule has 16 heavy (non-hydrogen) atoms. The van der Waals surface area contributed by atoms with Gasteiger partial charge in [-0.15, -0.1) is 0 Å². The molecule has 0 aromatic heterocycles. The number of hydrogen-bond donors (Lipinski definition) is 1. The Kier molecular flexibility index (Phi) is 3.92. The first kappa shape index (κ1) is 12.5. The molecule has 0 fully saturated rings. The van der Waals surface area contributed by atoms with Crippen LogP contribution in [0.3, 0.4) is 0 Å². The van der Waals surface area contributed by atoms with Gasteiger partial charge in [0.1, 0.15) is 5.54 Å². The summed E-state index contributed by atoms with van der Waals surface area (Å²) in [5.74, 6) is 0. The van der Waals surface area contributed by atoms with Gasteiger partial charge in [0.15, 0.2) is 0 Å². The third-order valence-electron chi connectivity index (χ3n) is 2.71. The molecule has 0 spiro atoms. The summed E-state index contributed by atoms with van der Waals surface area (Å²) in [5.41, 5.74) is 1.54. The normalized spacial score (nSPS) is 13.9. The third kappa shape index (κ3) is 2.53. The molecule has 0 aliphatic heterocycles. The number of hydrogen-bond acceptors (Lipinski definition) is 3. The smallest absolute Gasteiger partial charge is 0.129 e. The molecule has 3 heteroatoms. The van der Waals surface area contributed by atoms with Gasteiger partial charge < -0.3 is 4.90 Å². The molecule has 0 saturated carbocycles. The topological polar surface area (TPSA) is 39.1 Å². The standard InChI is InChI=1S/C13H19N3/c1-5-15-13(2,10-14)11-6-8-12(9-7-11)16(3)4/h6-9,15H,5H2,1-4H3. The number of anilines is 1. The molecule has 1 aromatic rings. The molecule has 0 bridgehead atoms. The van der Waals surface area contributed by atoms with Crippen LogP contribution in [0.5, 0.6) is 0 Å². The Morgan fingerprint density at radius 2 is 1.88 bits per heavy atom. The Hall–Kier alpha value is -1.53. The van der Waals surface area contributed by atoms with E-state index in [2.05, 4.69) is 11.4 Å². The van der Waals surface area contributed by atoms with Gasteiger partial charge in [-0.3, -0.25) is 5.32 Å². The molecule has 1 rings (SSSR count). The van der Waals surface area contributed by atoms with Gasteiger partial charge in [0.25, 0.3) is 0 Å². The molecule has 1 N–H and O–H groups in total. The fourth-order valence-electron chi connectivity index (χ4n) is 1.65. The van der Waals surface area contributed by atoms with Gasteiger partial charge in [-0.1, -0.05) is 19.1 Å². The maximum atomic E-state index is 9.23. The summed E-state index contributed by atoms with van der Waals surface area (Å²) in [5, 5.41) is 12.4. The minimum Gasteiger partial charge on any atom is -0.378 e. The van der Waals surface area contributed by atoms with Crippen LogP contribution in [0.1, 0.15) is 19.4 Å². The maximum Gasteiger partial charge on any atom is 0.129 e. The Balaban J connectivity index is 3.00. The quantitative estimate of drug-likeness (QED) is 0.839. The van der Waals surface area contributed by atoms with Crippen molar-refractivity contribution in [1.29, 1.82) is 5.26 Å². The van der Waals surface area contributed by atoms with E-state index in [1.54, 1.807) is 0 Å². The fraction of sp³-hybridized carbons (Fsp3) is 0.462. The van der Waals surface area contributed by atoms with Crippen LogP contribution >= 0.6 is 0 Å². The monoisotopic (exact) mass is 217 g/mol. The van der Waals surface area contributed by atoms with Crippen molar-refractivity contribution in [1.82, 2.24) is 5.32 Å². The Labute approximate surface area is 97.7 Å². The number of nitrogens with zero attached hydrogens (tertiary/aromatic N) is 2. The van der Waals surface area contributed by atoms with Crippen molar-refractivity contribution in [2.24, 2.45) is 0 Å². The molecule has 86 valence electrons. The van der Waals surface area contributed by atoms with E-state index in [-0.39, 0.29) is 0 Å². The van der Waals surface area contributed by atoms with E-state index in [1.807, 2.05) is 57.1 Å². The largest absolute Gasteiger partial charge is 0.378 e. The Morgan fingerprint density at radius 1 is 1.31 bits per heavy atom. The fourth-order valence-corrected chi connectivity index (χ4v) is 1.65. The second kappa shape index (κ2) is 5.00. The van der Waals surface area contributed by atoms with Gasteiger partial charge in [-0.05, 0) is 31.2 Å². The van der Waals surface area contributed by atoms with Crippen molar-refractivity contribution in [2.45, 2.75) is 19.4 Å². The predicted octanol–water partition coefficient (Wildman–Crippen LogP) is 2.10. The molecule has 0 saturated heterocycles. The van der Waals surface area contributed by atoms with Crippen LogP contribution in [0.2, 0.25) is 0 Å². The average molecular weight is 217 g/mol. The lowest BCUT2D eigenvalue weighted by Gasteiger charge is -2.24. The molecule has 0 radical (unpaired) electrons. The van der Waals surface area contributed by atoms with Gasteiger partial charge in [0.05, 0.1) is 6.07 Å². The lowest BCUT2D eigenvalue weighted by Crippen LogP contribution is -2.37. The maximum absolute atomic E-state index is 9.23. The highest BCUT2D eigenvalue weighted by Gasteiger charge is 2.24.